The second kappa shape index (κ2) is 5.74. The zero-order chi connectivity index (χ0) is 13.1. The van der Waals surface area contributed by atoms with Gasteiger partial charge in [0.2, 0.25) is 0 Å². The van der Waals surface area contributed by atoms with Gasteiger partial charge in [-0.1, -0.05) is 19.3 Å². The molecule has 0 atom stereocenters. The van der Waals surface area contributed by atoms with Gasteiger partial charge in [-0.2, -0.15) is 0 Å². The fourth-order valence-corrected chi connectivity index (χ4v) is 3.57. The van der Waals surface area contributed by atoms with Crippen LogP contribution in [0.5, 0.6) is 0 Å². The number of hydrogen-bond acceptors (Lipinski definition) is 3. The molecule has 2 N–H and O–H groups in total. The van der Waals surface area contributed by atoms with Crippen molar-refractivity contribution >= 4 is 22.9 Å². The van der Waals surface area contributed by atoms with Crippen molar-refractivity contribution < 1.29 is 4.79 Å². The zero-order valence-corrected chi connectivity index (χ0v) is 12.1. The summed E-state index contributed by atoms with van der Waals surface area (Å²) in [6.45, 7) is 2.84. The normalized spacial score (nSPS) is 16.8. The maximum atomic E-state index is 12.3. The summed E-state index contributed by atoms with van der Waals surface area (Å²) in [5, 5.41) is 0. The van der Waals surface area contributed by atoms with Crippen molar-refractivity contribution in [2.45, 2.75) is 39.0 Å². The summed E-state index contributed by atoms with van der Waals surface area (Å²) in [5.41, 5.74) is 6.53. The second-order valence-electron chi connectivity index (χ2n) is 5.31. The minimum atomic E-state index is 0.116. The van der Waals surface area contributed by atoms with E-state index in [1.165, 1.54) is 43.4 Å². The Morgan fingerprint density at radius 1 is 1.44 bits per heavy atom. The Labute approximate surface area is 113 Å². The number of rotatable bonds is 3. The molecular weight excluding hydrogens is 244 g/mol. The molecule has 0 saturated heterocycles. The van der Waals surface area contributed by atoms with E-state index in [1.807, 2.05) is 18.9 Å². The van der Waals surface area contributed by atoms with Gasteiger partial charge in [-0.3, -0.25) is 4.79 Å². The predicted molar refractivity (Wildman–Crippen MR) is 77.0 cm³/mol. The van der Waals surface area contributed by atoms with Crippen LogP contribution in [-0.2, 0) is 0 Å². The maximum absolute atomic E-state index is 12.3. The quantitative estimate of drug-likeness (QED) is 0.912. The Hall–Kier alpha value is -1.03. The molecule has 1 aliphatic carbocycles. The van der Waals surface area contributed by atoms with E-state index in [4.69, 9.17) is 5.73 Å². The van der Waals surface area contributed by atoms with E-state index in [0.717, 1.165) is 22.0 Å². The number of amides is 1. The number of hydrogen-bond donors (Lipinski definition) is 1. The summed E-state index contributed by atoms with van der Waals surface area (Å²) < 4.78 is 0. The summed E-state index contributed by atoms with van der Waals surface area (Å²) in [6.07, 6.45) is 6.52. The first-order valence-electron chi connectivity index (χ1n) is 6.69. The molecule has 1 aromatic heterocycles. The minimum Gasteiger partial charge on any atom is -0.398 e. The van der Waals surface area contributed by atoms with Gasteiger partial charge in [0.25, 0.3) is 5.91 Å². The largest absolute Gasteiger partial charge is 0.398 e. The van der Waals surface area contributed by atoms with Crippen LogP contribution >= 0.6 is 11.3 Å². The van der Waals surface area contributed by atoms with E-state index >= 15 is 0 Å². The first-order valence-corrected chi connectivity index (χ1v) is 7.51. The number of carbonyl (C=O) groups excluding carboxylic acids is 1. The molecule has 2 rings (SSSR count). The van der Waals surface area contributed by atoms with Crippen molar-refractivity contribution in [3.8, 4) is 0 Å². The van der Waals surface area contributed by atoms with E-state index in [9.17, 15) is 4.79 Å². The van der Waals surface area contributed by atoms with Crippen molar-refractivity contribution in [3.05, 3.63) is 15.8 Å². The standard InChI is InChI=1S/C14H22N2OS/c1-10-12(15)8-13(18-10)14(17)16(2)9-11-6-4-3-5-7-11/h8,11H,3-7,9,15H2,1-2H3. The summed E-state index contributed by atoms with van der Waals surface area (Å²) >= 11 is 1.50. The van der Waals surface area contributed by atoms with E-state index < -0.39 is 0 Å². The highest BCUT2D eigenvalue weighted by atomic mass is 32.1. The van der Waals surface area contributed by atoms with Crippen LogP contribution in [0.15, 0.2) is 6.07 Å². The Morgan fingerprint density at radius 2 is 2.11 bits per heavy atom. The van der Waals surface area contributed by atoms with Crippen molar-refractivity contribution in [3.63, 3.8) is 0 Å². The number of nitrogens with zero attached hydrogens (tertiary/aromatic N) is 1. The van der Waals surface area contributed by atoms with Crippen LogP contribution in [-0.4, -0.2) is 24.4 Å². The van der Waals surface area contributed by atoms with Crippen LogP contribution in [0.3, 0.4) is 0 Å². The molecule has 0 unspecified atom stereocenters. The summed E-state index contributed by atoms with van der Waals surface area (Å²) in [7, 11) is 1.90. The first-order chi connectivity index (χ1) is 8.58. The third-order valence-corrected chi connectivity index (χ3v) is 4.82. The van der Waals surface area contributed by atoms with Crippen molar-refractivity contribution in [1.29, 1.82) is 0 Å². The van der Waals surface area contributed by atoms with Crippen molar-refractivity contribution in [2.24, 2.45) is 5.92 Å². The lowest BCUT2D eigenvalue weighted by Gasteiger charge is -2.26. The van der Waals surface area contributed by atoms with E-state index in [1.54, 1.807) is 6.07 Å². The number of nitrogen functional groups attached to an aromatic ring is 1. The van der Waals surface area contributed by atoms with Crippen molar-refractivity contribution in [2.75, 3.05) is 19.3 Å². The molecule has 1 fully saturated rings. The molecule has 0 aromatic carbocycles. The smallest absolute Gasteiger partial charge is 0.263 e. The molecular formula is C14H22N2OS. The molecule has 3 nitrogen and oxygen atoms in total. The van der Waals surface area contributed by atoms with Crippen LogP contribution in [0.25, 0.3) is 0 Å². The molecule has 0 bridgehead atoms. The molecule has 1 aromatic rings. The Balaban J connectivity index is 1.95. The molecule has 100 valence electrons. The molecule has 0 radical (unpaired) electrons. The third kappa shape index (κ3) is 3.05. The fourth-order valence-electron chi connectivity index (χ4n) is 2.63. The molecule has 0 spiro atoms. The Kier molecular flexibility index (Phi) is 4.27. The van der Waals surface area contributed by atoms with Gasteiger partial charge in [0.15, 0.2) is 0 Å². The maximum Gasteiger partial charge on any atom is 0.263 e. The summed E-state index contributed by atoms with van der Waals surface area (Å²) in [6, 6.07) is 1.81. The summed E-state index contributed by atoms with van der Waals surface area (Å²) in [4.78, 5) is 15.9. The van der Waals surface area contributed by atoms with Crippen LogP contribution in [0, 0.1) is 12.8 Å². The van der Waals surface area contributed by atoms with Gasteiger partial charge in [0, 0.05) is 24.2 Å². The van der Waals surface area contributed by atoms with Gasteiger partial charge in [-0.05, 0) is 31.7 Å². The molecule has 0 aliphatic heterocycles. The van der Waals surface area contributed by atoms with Gasteiger partial charge in [-0.25, -0.2) is 0 Å². The van der Waals surface area contributed by atoms with E-state index in [0.29, 0.717) is 5.92 Å². The van der Waals surface area contributed by atoms with Crippen LogP contribution < -0.4 is 5.73 Å². The van der Waals surface area contributed by atoms with E-state index in [-0.39, 0.29) is 5.91 Å². The average molecular weight is 266 g/mol. The molecule has 1 heterocycles. The Morgan fingerprint density at radius 3 is 2.67 bits per heavy atom. The van der Waals surface area contributed by atoms with Crippen LogP contribution in [0.2, 0.25) is 0 Å². The number of carbonyl (C=O) groups is 1. The highest BCUT2D eigenvalue weighted by molar-refractivity contribution is 7.14. The third-order valence-electron chi connectivity index (χ3n) is 3.77. The minimum absolute atomic E-state index is 0.116. The lowest BCUT2D eigenvalue weighted by Crippen LogP contribution is -2.32. The predicted octanol–water partition coefficient (Wildman–Crippen LogP) is 3.29. The molecule has 1 saturated carbocycles. The van der Waals surface area contributed by atoms with Crippen LogP contribution in [0.4, 0.5) is 5.69 Å². The number of aryl methyl sites for hydroxylation is 1. The lowest BCUT2D eigenvalue weighted by atomic mass is 9.89. The van der Waals surface area contributed by atoms with Gasteiger partial charge in [0.1, 0.15) is 0 Å². The highest BCUT2D eigenvalue weighted by Gasteiger charge is 2.20. The first kappa shape index (κ1) is 13.4. The van der Waals surface area contributed by atoms with Crippen LogP contribution in [0.1, 0.15) is 46.7 Å². The van der Waals surface area contributed by atoms with E-state index in [2.05, 4.69) is 0 Å². The number of anilines is 1. The van der Waals surface area contributed by atoms with Gasteiger partial charge >= 0.3 is 0 Å². The van der Waals surface area contributed by atoms with Crippen molar-refractivity contribution in [1.82, 2.24) is 4.90 Å². The fraction of sp³-hybridized carbons (Fsp3) is 0.643. The number of thiophene rings is 1. The Bertz CT molecular complexity index is 402. The monoisotopic (exact) mass is 266 g/mol. The SMILES string of the molecule is Cc1sc(C(=O)N(C)CC2CCCCC2)cc1N. The molecule has 18 heavy (non-hydrogen) atoms. The second-order valence-corrected chi connectivity index (χ2v) is 6.57. The topological polar surface area (TPSA) is 46.3 Å². The average Bonchev–Trinajstić information content (AvgIpc) is 2.70. The van der Waals surface area contributed by atoms with Gasteiger partial charge in [0.05, 0.1) is 4.88 Å². The lowest BCUT2D eigenvalue weighted by molar-refractivity contribution is 0.0765. The van der Waals surface area contributed by atoms with Gasteiger partial charge < -0.3 is 10.6 Å². The molecule has 4 heteroatoms. The molecule has 1 aliphatic rings. The number of nitrogens with two attached hydrogens (primary N) is 1. The van der Waals surface area contributed by atoms with Gasteiger partial charge in [-0.15, -0.1) is 11.3 Å². The molecule has 1 amide bonds. The zero-order valence-electron chi connectivity index (χ0n) is 11.2. The summed E-state index contributed by atoms with van der Waals surface area (Å²) in [5.74, 6) is 0.802. The highest BCUT2D eigenvalue weighted by Crippen LogP contribution is 2.27.